The quantitative estimate of drug-likeness (QED) is 0.394. The molecule has 7 heteroatoms. The molecule has 178 valence electrons. The fraction of sp³-hybridized carbons (Fsp3) is 0.214. The van der Waals surface area contributed by atoms with E-state index in [9.17, 15) is 14.7 Å². The van der Waals surface area contributed by atoms with Crippen molar-refractivity contribution in [2.45, 2.75) is 6.61 Å². The molecule has 0 spiro atoms. The van der Waals surface area contributed by atoms with Crippen LogP contribution in [0.25, 0.3) is 16.7 Å². The molecule has 0 radical (unpaired) electrons. The van der Waals surface area contributed by atoms with Crippen molar-refractivity contribution in [3.05, 3.63) is 89.6 Å². The lowest BCUT2D eigenvalue weighted by Gasteiger charge is -2.34. The number of nitrogens with one attached hydrogen (secondary N) is 2. The summed E-state index contributed by atoms with van der Waals surface area (Å²) in [6, 6.07) is 21.2. The third-order valence-electron chi connectivity index (χ3n) is 6.61. The molecule has 2 amide bonds. The topological polar surface area (TPSA) is 84.9 Å². The van der Waals surface area contributed by atoms with Gasteiger partial charge in [-0.15, -0.1) is 0 Å². The number of carbonyl (C=O) groups excluding carboxylic acids is 2. The van der Waals surface area contributed by atoms with Crippen molar-refractivity contribution in [3.63, 3.8) is 0 Å². The molecule has 2 aliphatic rings. The van der Waals surface area contributed by atoms with Crippen molar-refractivity contribution in [3.8, 4) is 11.1 Å². The van der Waals surface area contributed by atoms with Gasteiger partial charge >= 0.3 is 0 Å². The van der Waals surface area contributed by atoms with E-state index in [-0.39, 0.29) is 6.61 Å². The first-order valence-electron chi connectivity index (χ1n) is 11.7. The van der Waals surface area contributed by atoms with Crippen molar-refractivity contribution in [1.29, 1.82) is 0 Å². The number of likely N-dealkylation sites (N-methyl/N-ethyl adjacent to an activating group) is 1. The van der Waals surface area contributed by atoms with Crippen LogP contribution in [0.2, 0.25) is 0 Å². The second-order valence-electron chi connectivity index (χ2n) is 8.94. The first-order chi connectivity index (χ1) is 17.0. The number of hydrogen-bond donors (Lipinski definition) is 3. The van der Waals surface area contributed by atoms with Gasteiger partial charge < -0.3 is 20.2 Å². The number of aliphatic hydroxyl groups excluding tert-OH is 1. The van der Waals surface area contributed by atoms with Crippen LogP contribution in [0.4, 0.5) is 11.4 Å². The van der Waals surface area contributed by atoms with E-state index in [2.05, 4.69) is 39.6 Å². The van der Waals surface area contributed by atoms with Crippen molar-refractivity contribution >= 4 is 28.8 Å². The molecule has 0 aromatic heterocycles. The summed E-state index contributed by atoms with van der Waals surface area (Å²) in [5.41, 5.74) is 6.13. The van der Waals surface area contributed by atoms with Crippen LogP contribution in [0.15, 0.2) is 72.9 Å². The Balaban J connectivity index is 1.39. The highest BCUT2D eigenvalue weighted by Gasteiger charge is 2.27. The second-order valence-corrected chi connectivity index (χ2v) is 8.94. The second kappa shape index (κ2) is 9.74. The Bertz CT molecular complexity index is 1270. The fourth-order valence-electron chi connectivity index (χ4n) is 4.44. The Labute approximate surface area is 204 Å². The molecule has 35 heavy (non-hydrogen) atoms. The average molecular weight is 469 g/mol. The summed E-state index contributed by atoms with van der Waals surface area (Å²) in [4.78, 5) is 29.9. The first kappa shape index (κ1) is 22.8. The Hall–Kier alpha value is -3.94. The molecule has 2 heterocycles. The minimum absolute atomic E-state index is 0.0198. The van der Waals surface area contributed by atoms with E-state index in [1.807, 2.05) is 48.5 Å². The van der Waals surface area contributed by atoms with Gasteiger partial charge in [0.1, 0.15) is 0 Å². The Kier molecular flexibility index (Phi) is 6.35. The van der Waals surface area contributed by atoms with E-state index in [4.69, 9.17) is 0 Å². The lowest BCUT2D eigenvalue weighted by Crippen LogP contribution is -2.44. The Morgan fingerprint density at radius 2 is 1.54 bits per heavy atom. The molecule has 0 saturated carbocycles. The number of rotatable bonds is 5. The zero-order chi connectivity index (χ0) is 24.4. The van der Waals surface area contributed by atoms with Gasteiger partial charge in [-0.25, -0.2) is 0 Å². The zero-order valence-corrected chi connectivity index (χ0v) is 19.6. The summed E-state index contributed by atoms with van der Waals surface area (Å²) < 4.78 is 0. The van der Waals surface area contributed by atoms with E-state index in [0.717, 1.165) is 48.6 Å². The number of nitrogens with zero attached hydrogens (tertiary/aromatic N) is 2. The van der Waals surface area contributed by atoms with Crippen LogP contribution in [-0.4, -0.2) is 55.0 Å². The molecule has 1 fully saturated rings. The van der Waals surface area contributed by atoms with Crippen LogP contribution in [-0.2, 0) is 11.4 Å². The molecule has 0 unspecified atom stereocenters. The maximum atomic E-state index is 12.7. The van der Waals surface area contributed by atoms with Gasteiger partial charge in [-0.05, 0) is 60.1 Å². The van der Waals surface area contributed by atoms with E-state index >= 15 is 0 Å². The van der Waals surface area contributed by atoms with Crippen LogP contribution in [0, 0.1) is 0 Å². The lowest BCUT2D eigenvalue weighted by molar-refractivity contribution is -0.114. The number of carbonyl (C=O) groups is 2. The normalized spacial score (nSPS) is 17.3. The van der Waals surface area contributed by atoms with Crippen LogP contribution < -0.4 is 15.5 Å². The summed E-state index contributed by atoms with van der Waals surface area (Å²) in [5, 5.41) is 14.9. The minimum atomic E-state index is -0.433. The number of amides is 2. The highest BCUT2D eigenvalue weighted by atomic mass is 16.3. The van der Waals surface area contributed by atoms with E-state index in [1.165, 1.54) is 5.69 Å². The van der Waals surface area contributed by atoms with Gasteiger partial charge in [-0.2, -0.15) is 0 Å². The molecule has 0 atom stereocenters. The Morgan fingerprint density at radius 3 is 2.23 bits per heavy atom. The van der Waals surface area contributed by atoms with Gasteiger partial charge in [0.05, 0.1) is 12.2 Å². The fourth-order valence-corrected chi connectivity index (χ4v) is 4.44. The molecule has 7 nitrogen and oxygen atoms in total. The predicted molar refractivity (Wildman–Crippen MR) is 138 cm³/mol. The first-order valence-corrected chi connectivity index (χ1v) is 11.7. The third-order valence-corrected chi connectivity index (χ3v) is 6.61. The van der Waals surface area contributed by atoms with Crippen molar-refractivity contribution < 1.29 is 14.7 Å². The molecule has 2 aliphatic heterocycles. The van der Waals surface area contributed by atoms with Gasteiger partial charge in [0.2, 0.25) is 0 Å². The summed E-state index contributed by atoms with van der Waals surface area (Å²) in [5.74, 6) is -0.835. The van der Waals surface area contributed by atoms with Crippen LogP contribution in [0.5, 0.6) is 0 Å². The van der Waals surface area contributed by atoms with Gasteiger partial charge in [-0.3, -0.25) is 14.9 Å². The average Bonchev–Trinajstić information content (AvgIpc) is 2.89. The largest absolute Gasteiger partial charge is 0.392 e. The van der Waals surface area contributed by atoms with Gasteiger partial charge in [-0.1, -0.05) is 30.3 Å². The number of piperazine rings is 1. The molecule has 3 aromatic rings. The number of imide groups is 1. The summed E-state index contributed by atoms with van der Waals surface area (Å²) in [6.07, 6.45) is 1.66. The summed E-state index contributed by atoms with van der Waals surface area (Å²) in [7, 11) is 2.14. The van der Waals surface area contributed by atoms with Crippen molar-refractivity contribution in [2.75, 3.05) is 43.4 Å². The molecule has 1 saturated heterocycles. The van der Waals surface area contributed by atoms with Crippen LogP contribution in [0.3, 0.4) is 0 Å². The van der Waals surface area contributed by atoms with Crippen molar-refractivity contribution in [1.82, 2.24) is 10.2 Å². The third kappa shape index (κ3) is 4.82. The number of fused-ring (bicyclic) bond motifs is 1. The van der Waals surface area contributed by atoms with Gasteiger partial charge in [0, 0.05) is 54.9 Å². The number of hydrogen-bond acceptors (Lipinski definition) is 6. The lowest BCUT2D eigenvalue weighted by atomic mass is 9.91. The molecule has 0 aliphatic carbocycles. The minimum Gasteiger partial charge on any atom is -0.392 e. The standard InChI is InChI=1S/C28H28N4O3/c1-31-12-14-32(15-13-31)23-9-7-22(8-10-23)29-17-26-25-16-21(20-4-2-19(18-33)3-5-20)6-11-24(25)27(34)30-28(26)35/h2-11,16-17,29,33H,12-15,18H2,1H3,(H,30,34,35)/b26-17-. The maximum Gasteiger partial charge on any atom is 0.260 e. The highest BCUT2D eigenvalue weighted by molar-refractivity contribution is 6.31. The molecule has 3 aromatic carbocycles. The molecule has 5 rings (SSSR count). The molecule has 3 N–H and O–H groups in total. The van der Waals surface area contributed by atoms with E-state index in [1.54, 1.807) is 12.3 Å². The van der Waals surface area contributed by atoms with E-state index < -0.39 is 11.8 Å². The van der Waals surface area contributed by atoms with Gasteiger partial charge in [0.25, 0.3) is 11.8 Å². The van der Waals surface area contributed by atoms with Gasteiger partial charge in [0.15, 0.2) is 0 Å². The highest BCUT2D eigenvalue weighted by Crippen LogP contribution is 2.30. The molecule has 0 bridgehead atoms. The summed E-state index contributed by atoms with van der Waals surface area (Å²) in [6.45, 7) is 4.08. The van der Waals surface area contributed by atoms with Crippen LogP contribution in [0.1, 0.15) is 21.5 Å². The zero-order valence-electron chi connectivity index (χ0n) is 19.6. The maximum absolute atomic E-state index is 12.7. The predicted octanol–water partition coefficient (Wildman–Crippen LogP) is 3.32. The SMILES string of the molecule is CN1CCN(c2ccc(N/C=C3\C(=O)NC(=O)c4ccc(-c5ccc(CO)cc5)cc43)cc2)CC1. The number of anilines is 2. The number of benzene rings is 3. The number of aliphatic hydroxyl groups is 1. The van der Waals surface area contributed by atoms with Crippen LogP contribution >= 0.6 is 0 Å². The molecular formula is C28H28N4O3. The van der Waals surface area contributed by atoms with Crippen molar-refractivity contribution in [2.24, 2.45) is 0 Å². The van der Waals surface area contributed by atoms with E-state index in [0.29, 0.717) is 16.7 Å². The Morgan fingerprint density at radius 1 is 0.857 bits per heavy atom. The summed E-state index contributed by atoms with van der Waals surface area (Å²) >= 11 is 0. The molecular weight excluding hydrogens is 440 g/mol. The smallest absolute Gasteiger partial charge is 0.260 e. The monoisotopic (exact) mass is 468 g/mol.